The van der Waals surface area contributed by atoms with Crippen molar-refractivity contribution in [3.8, 4) is 34.0 Å². The van der Waals surface area contributed by atoms with Gasteiger partial charge in [-0.1, -0.05) is 158 Å². The predicted molar refractivity (Wildman–Crippen MR) is 241 cm³/mol. The van der Waals surface area contributed by atoms with Crippen molar-refractivity contribution in [2.75, 3.05) is 7.05 Å². The molecule has 0 bridgehead atoms. The number of aliphatic imine (C=N–C) groups is 1. The van der Waals surface area contributed by atoms with Crippen molar-refractivity contribution < 1.29 is 4.42 Å². The zero-order valence-corrected chi connectivity index (χ0v) is 32.2. The summed E-state index contributed by atoms with van der Waals surface area (Å²) in [7, 11) is 2.06. The second-order valence-electron chi connectivity index (χ2n) is 15.0. The number of amidine groups is 1. The van der Waals surface area contributed by atoms with E-state index >= 15 is 0 Å². The molecule has 0 spiro atoms. The lowest BCUT2D eigenvalue weighted by atomic mass is 9.89. The normalized spacial score (nSPS) is 14.3. The number of hydrogen-bond acceptors (Lipinski definition) is 4. The lowest BCUT2D eigenvalue weighted by molar-refractivity contribution is 0.423. The molecule has 59 heavy (non-hydrogen) atoms. The molecule has 0 amide bonds. The van der Waals surface area contributed by atoms with Gasteiger partial charge in [0.25, 0.3) is 0 Å². The van der Waals surface area contributed by atoms with Crippen LogP contribution in [0.4, 0.5) is 0 Å². The summed E-state index contributed by atoms with van der Waals surface area (Å²) in [4.78, 5) is 7.60. The van der Waals surface area contributed by atoms with E-state index in [1.807, 2.05) is 60.7 Å². The van der Waals surface area contributed by atoms with Crippen molar-refractivity contribution in [3.05, 3.63) is 216 Å². The largest absolute Gasteiger partial charge is 0.456 e. The summed E-state index contributed by atoms with van der Waals surface area (Å²) >= 11 is 0. The Morgan fingerprint density at radius 1 is 0.525 bits per heavy atom. The summed E-state index contributed by atoms with van der Waals surface area (Å²) in [6.45, 7) is 0. The average Bonchev–Trinajstić information content (AvgIpc) is 3.85. The Labute approximate surface area is 341 Å². The molecule has 10 aromatic rings. The Morgan fingerprint density at radius 2 is 1.08 bits per heavy atom. The van der Waals surface area contributed by atoms with Crippen LogP contribution in [0.3, 0.4) is 0 Å². The first-order valence-electron chi connectivity index (χ1n) is 19.9. The maximum absolute atomic E-state index is 10.8. The highest BCUT2D eigenvalue weighted by atomic mass is 16.3. The van der Waals surface area contributed by atoms with E-state index in [4.69, 9.17) is 9.41 Å². The van der Waals surface area contributed by atoms with Crippen molar-refractivity contribution in [1.29, 1.82) is 5.26 Å². The molecule has 1 unspecified atom stereocenters. The molecule has 5 heteroatoms. The molecule has 0 aliphatic carbocycles. The molecule has 1 aliphatic rings. The van der Waals surface area contributed by atoms with Crippen LogP contribution in [0.1, 0.15) is 22.7 Å². The van der Waals surface area contributed by atoms with E-state index in [1.165, 1.54) is 0 Å². The summed E-state index contributed by atoms with van der Waals surface area (Å²) < 4.78 is 8.90. The molecular weight excluding hydrogens is 721 g/mol. The quantitative estimate of drug-likeness (QED) is 0.170. The minimum atomic E-state index is -0.353. The number of likely N-dealkylation sites (N-methyl/N-ethyl adjacent to an activating group) is 1. The van der Waals surface area contributed by atoms with Gasteiger partial charge in [0.05, 0.1) is 40.1 Å². The minimum absolute atomic E-state index is 0.353. The fourth-order valence-corrected chi connectivity index (χ4v) is 9.11. The van der Waals surface area contributed by atoms with Gasteiger partial charge in [-0.3, -0.25) is 0 Å². The molecule has 0 saturated heterocycles. The molecule has 0 N–H and O–H groups in total. The van der Waals surface area contributed by atoms with Crippen LogP contribution in [0.25, 0.3) is 77.4 Å². The van der Waals surface area contributed by atoms with Crippen molar-refractivity contribution in [1.82, 2.24) is 9.47 Å². The fraction of sp³-hybridized carbons (Fsp3) is 0.0370. The monoisotopic (exact) mass is 756 g/mol. The maximum atomic E-state index is 10.8. The number of fused-ring (bicyclic) bond motifs is 7. The number of rotatable bonds is 6. The van der Waals surface area contributed by atoms with Crippen LogP contribution in [0.5, 0.6) is 0 Å². The third kappa shape index (κ3) is 5.49. The van der Waals surface area contributed by atoms with Gasteiger partial charge in [-0.25, -0.2) is 4.99 Å². The van der Waals surface area contributed by atoms with Crippen LogP contribution in [0.2, 0.25) is 0 Å². The predicted octanol–water partition coefficient (Wildman–Crippen LogP) is 13.4. The Kier molecular flexibility index (Phi) is 8.09. The number of hydrogen-bond donors (Lipinski definition) is 0. The molecule has 1 aliphatic heterocycles. The molecule has 1 atom stereocenters. The van der Waals surface area contributed by atoms with Gasteiger partial charge in [0.15, 0.2) is 0 Å². The Hall–Kier alpha value is -7.94. The molecule has 2 aromatic heterocycles. The molecular formula is C54H36N4O. The maximum Gasteiger partial charge on any atom is 0.137 e. The van der Waals surface area contributed by atoms with Crippen molar-refractivity contribution in [3.63, 3.8) is 0 Å². The van der Waals surface area contributed by atoms with E-state index in [1.54, 1.807) is 0 Å². The first-order valence-corrected chi connectivity index (χ1v) is 19.9. The zero-order chi connectivity index (χ0) is 39.5. The van der Waals surface area contributed by atoms with E-state index in [0.717, 1.165) is 94.2 Å². The molecule has 0 saturated carbocycles. The van der Waals surface area contributed by atoms with Gasteiger partial charge in [0.2, 0.25) is 0 Å². The van der Waals surface area contributed by atoms with Gasteiger partial charge in [-0.05, 0) is 53.1 Å². The number of nitrogens with zero attached hydrogens (tertiary/aromatic N) is 4. The Morgan fingerprint density at radius 3 is 1.73 bits per heavy atom. The van der Waals surface area contributed by atoms with Gasteiger partial charge >= 0.3 is 0 Å². The smallest absolute Gasteiger partial charge is 0.137 e. The standard InChI is InChI=1S/C54H36N4O/c1-57-52(38-24-12-5-13-25-38)44(34-55)51(37-22-10-4-11-23-37)56-54(57)39-32-42(35-18-6-2-7-19-35)53(43(33-39)36-20-8-3-9-21-36)58-45-28-16-14-26-40(45)49-46(58)30-31-48-50(49)41-27-15-17-29-47(41)59-48/h2-33,52H,1H3. The van der Waals surface area contributed by atoms with Crippen molar-refractivity contribution in [2.45, 2.75) is 6.04 Å². The summed E-state index contributed by atoms with van der Waals surface area (Å²) in [6, 6.07) is 69.8. The van der Waals surface area contributed by atoms with Crippen molar-refractivity contribution in [2.24, 2.45) is 4.99 Å². The first-order chi connectivity index (χ1) is 29.2. The van der Waals surface area contributed by atoms with Crippen LogP contribution in [-0.2, 0) is 0 Å². The van der Waals surface area contributed by atoms with Gasteiger partial charge in [-0.15, -0.1) is 0 Å². The molecule has 3 heterocycles. The van der Waals surface area contributed by atoms with Crippen LogP contribution in [0.15, 0.2) is 209 Å². The zero-order valence-electron chi connectivity index (χ0n) is 32.2. The Bertz CT molecular complexity index is 3270. The number of aromatic nitrogens is 1. The van der Waals surface area contributed by atoms with Crippen LogP contribution < -0.4 is 0 Å². The second kappa shape index (κ2) is 13.9. The molecule has 5 nitrogen and oxygen atoms in total. The number of furan rings is 1. The SMILES string of the molecule is CN1C(c2cc(-c3ccccc3)c(-n3c4ccccc4c4c5c(ccc43)oc3ccccc35)c(-c3ccccc3)c2)=NC(c2ccccc2)=C(C#N)C1c1ccccc1. The highest BCUT2D eigenvalue weighted by Gasteiger charge is 2.34. The highest BCUT2D eigenvalue weighted by Crippen LogP contribution is 2.47. The van der Waals surface area contributed by atoms with E-state index < -0.39 is 0 Å². The summed E-state index contributed by atoms with van der Waals surface area (Å²) in [6.07, 6.45) is 0. The number of nitriles is 1. The summed E-state index contributed by atoms with van der Waals surface area (Å²) in [5.41, 5.74) is 13.5. The topological polar surface area (TPSA) is 57.5 Å². The number of para-hydroxylation sites is 2. The van der Waals surface area contributed by atoms with E-state index in [0.29, 0.717) is 11.3 Å². The molecule has 0 radical (unpaired) electrons. The van der Waals surface area contributed by atoms with Gasteiger partial charge in [-0.2, -0.15) is 5.26 Å². The van der Waals surface area contributed by atoms with Crippen molar-refractivity contribution >= 4 is 55.3 Å². The van der Waals surface area contributed by atoms with Gasteiger partial charge in [0, 0.05) is 50.8 Å². The van der Waals surface area contributed by atoms with E-state index in [9.17, 15) is 5.26 Å². The summed E-state index contributed by atoms with van der Waals surface area (Å²) in [5, 5.41) is 15.4. The summed E-state index contributed by atoms with van der Waals surface area (Å²) in [5.74, 6) is 0.784. The number of benzene rings is 8. The van der Waals surface area contributed by atoms with Gasteiger partial charge in [0.1, 0.15) is 17.0 Å². The third-order valence-corrected chi connectivity index (χ3v) is 11.7. The molecule has 11 rings (SSSR count). The minimum Gasteiger partial charge on any atom is -0.456 e. The first kappa shape index (κ1) is 34.3. The lowest BCUT2D eigenvalue weighted by Gasteiger charge is -2.36. The highest BCUT2D eigenvalue weighted by molar-refractivity contribution is 6.27. The lowest BCUT2D eigenvalue weighted by Crippen LogP contribution is -2.36. The van der Waals surface area contributed by atoms with E-state index in [2.05, 4.69) is 156 Å². The fourth-order valence-electron chi connectivity index (χ4n) is 9.11. The average molecular weight is 757 g/mol. The molecule has 0 fully saturated rings. The van der Waals surface area contributed by atoms with Gasteiger partial charge < -0.3 is 13.9 Å². The molecule has 8 aromatic carbocycles. The van der Waals surface area contributed by atoms with Crippen LogP contribution >= 0.6 is 0 Å². The molecule has 278 valence electrons. The third-order valence-electron chi connectivity index (χ3n) is 11.7. The van der Waals surface area contributed by atoms with Crippen LogP contribution in [-0.4, -0.2) is 22.4 Å². The van der Waals surface area contributed by atoms with E-state index in [-0.39, 0.29) is 6.04 Å². The Balaban J connectivity index is 1.26. The second-order valence-corrected chi connectivity index (χ2v) is 15.0. The van der Waals surface area contributed by atoms with Crippen LogP contribution in [0, 0.1) is 11.3 Å².